The highest BCUT2D eigenvalue weighted by molar-refractivity contribution is 5.94. The zero-order valence-corrected chi connectivity index (χ0v) is 15.2. The molecule has 0 bridgehead atoms. The maximum atomic E-state index is 12.9. The molecule has 1 aliphatic carbocycles. The molecule has 0 radical (unpaired) electrons. The molecular weight excluding hydrogens is 341 g/mol. The number of likely N-dealkylation sites (tertiary alicyclic amines) is 1. The summed E-state index contributed by atoms with van der Waals surface area (Å²) >= 11 is 0. The Balaban J connectivity index is 1.80. The Kier molecular flexibility index (Phi) is 5.39. The summed E-state index contributed by atoms with van der Waals surface area (Å²) in [6.07, 6.45) is 4.15. The summed E-state index contributed by atoms with van der Waals surface area (Å²) in [5, 5.41) is 0. The van der Waals surface area contributed by atoms with Gasteiger partial charge in [0.25, 0.3) is 5.91 Å². The van der Waals surface area contributed by atoms with Crippen LogP contribution in [0.5, 0.6) is 0 Å². The van der Waals surface area contributed by atoms with Crippen LogP contribution in [0.1, 0.15) is 62.0 Å². The van der Waals surface area contributed by atoms with Crippen LogP contribution < -0.4 is 0 Å². The van der Waals surface area contributed by atoms with Gasteiger partial charge in [0.05, 0.1) is 5.56 Å². The lowest BCUT2D eigenvalue weighted by molar-refractivity contribution is -0.141. The van der Waals surface area contributed by atoms with Crippen molar-refractivity contribution in [3.8, 4) is 0 Å². The Bertz CT molecular complexity index is 677. The molecule has 3 atom stereocenters. The van der Waals surface area contributed by atoms with Gasteiger partial charge in [-0.1, -0.05) is 24.5 Å². The fourth-order valence-electron chi connectivity index (χ4n) is 4.44. The van der Waals surface area contributed by atoms with Crippen molar-refractivity contribution in [2.24, 2.45) is 11.8 Å². The maximum Gasteiger partial charge on any atom is 0.433 e. The van der Waals surface area contributed by atoms with Crippen molar-refractivity contribution in [1.29, 1.82) is 0 Å². The number of rotatable bonds is 2. The Morgan fingerprint density at radius 2 is 1.92 bits per heavy atom. The van der Waals surface area contributed by atoms with E-state index in [2.05, 4.69) is 24.9 Å². The highest BCUT2D eigenvalue weighted by Gasteiger charge is 2.41. The second-order valence-electron chi connectivity index (χ2n) is 7.64. The topological polar surface area (TPSA) is 33.2 Å². The van der Waals surface area contributed by atoms with Crippen LogP contribution in [0.2, 0.25) is 0 Å². The van der Waals surface area contributed by atoms with Crippen molar-refractivity contribution in [3.05, 3.63) is 41.2 Å². The molecule has 3 nitrogen and oxygen atoms in total. The molecule has 1 aromatic heterocycles. The van der Waals surface area contributed by atoms with Crippen LogP contribution in [-0.4, -0.2) is 28.4 Å². The molecular formula is C20H25F3N2O. The SMILES string of the molecule is CC(C)=C[C@H]1CCN(C(=O)c2ccc(C(F)(F)F)nc2)C2CCCCC21. The highest BCUT2D eigenvalue weighted by Crippen LogP contribution is 2.40. The van der Waals surface area contributed by atoms with Gasteiger partial charge < -0.3 is 4.90 Å². The molecule has 0 N–H and O–H groups in total. The number of allylic oxidation sites excluding steroid dienone is 2. The molecule has 1 aromatic rings. The molecule has 1 saturated heterocycles. The number of halogens is 3. The third kappa shape index (κ3) is 3.94. The van der Waals surface area contributed by atoms with Gasteiger partial charge in [-0.15, -0.1) is 0 Å². The van der Waals surface area contributed by atoms with Gasteiger partial charge >= 0.3 is 6.18 Å². The standard InChI is InChI=1S/C20H25F3N2O/c1-13(2)11-14-9-10-25(17-6-4-3-5-16(14)17)19(26)15-7-8-18(24-12-15)20(21,22)23/h7-8,11-12,14,16-17H,3-6,9-10H2,1-2H3/t14-,16?,17?/m1/s1. The normalized spacial score (nSPS) is 26.2. The van der Waals surface area contributed by atoms with Crippen molar-refractivity contribution in [1.82, 2.24) is 9.88 Å². The molecule has 2 unspecified atom stereocenters. The minimum absolute atomic E-state index is 0.174. The first-order valence-electron chi connectivity index (χ1n) is 9.26. The van der Waals surface area contributed by atoms with E-state index in [-0.39, 0.29) is 17.5 Å². The van der Waals surface area contributed by atoms with Gasteiger partial charge in [0.2, 0.25) is 0 Å². The van der Waals surface area contributed by atoms with Gasteiger partial charge in [-0.3, -0.25) is 9.78 Å². The summed E-state index contributed by atoms with van der Waals surface area (Å²) in [7, 11) is 0. The maximum absolute atomic E-state index is 12.9. The monoisotopic (exact) mass is 366 g/mol. The lowest BCUT2D eigenvalue weighted by Gasteiger charge is -2.47. The largest absolute Gasteiger partial charge is 0.433 e. The van der Waals surface area contributed by atoms with Gasteiger partial charge in [0.15, 0.2) is 0 Å². The molecule has 26 heavy (non-hydrogen) atoms. The van der Waals surface area contributed by atoms with E-state index < -0.39 is 11.9 Å². The number of pyridine rings is 1. The number of hydrogen-bond acceptors (Lipinski definition) is 2. The first-order valence-corrected chi connectivity index (χ1v) is 9.26. The molecule has 2 fully saturated rings. The van der Waals surface area contributed by atoms with Gasteiger partial charge in [-0.2, -0.15) is 13.2 Å². The summed E-state index contributed by atoms with van der Waals surface area (Å²) in [6, 6.07) is 2.31. The van der Waals surface area contributed by atoms with Crippen molar-refractivity contribution >= 4 is 5.91 Å². The third-order valence-electron chi connectivity index (χ3n) is 5.54. The Hall–Kier alpha value is -1.85. The molecule has 2 heterocycles. The smallest absolute Gasteiger partial charge is 0.335 e. The third-order valence-corrected chi connectivity index (χ3v) is 5.54. The van der Waals surface area contributed by atoms with Crippen molar-refractivity contribution in [2.45, 2.75) is 58.2 Å². The molecule has 3 rings (SSSR count). The summed E-state index contributed by atoms with van der Waals surface area (Å²) in [5.74, 6) is 0.734. The average molecular weight is 366 g/mol. The Morgan fingerprint density at radius 3 is 2.54 bits per heavy atom. The van der Waals surface area contributed by atoms with Gasteiger partial charge in [0.1, 0.15) is 5.69 Å². The number of aromatic nitrogens is 1. The second-order valence-corrected chi connectivity index (χ2v) is 7.64. The van der Waals surface area contributed by atoms with E-state index in [1.165, 1.54) is 18.1 Å². The number of carbonyl (C=O) groups excluding carboxylic acids is 1. The first-order chi connectivity index (χ1) is 12.3. The van der Waals surface area contributed by atoms with E-state index in [4.69, 9.17) is 0 Å². The molecule has 0 spiro atoms. The first kappa shape index (κ1) is 18.9. The average Bonchev–Trinajstić information content (AvgIpc) is 2.60. The molecule has 1 saturated carbocycles. The van der Waals surface area contributed by atoms with Crippen molar-refractivity contribution in [3.63, 3.8) is 0 Å². The molecule has 0 aromatic carbocycles. The summed E-state index contributed by atoms with van der Waals surface area (Å²) in [6.45, 7) is 4.85. The van der Waals surface area contributed by atoms with E-state index in [0.717, 1.165) is 37.9 Å². The minimum atomic E-state index is -4.49. The molecule has 1 aliphatic heterocycles. The number of nitrogens with zero attached hydrogens (tertiary/aromatic N) is 2. The number of alkyl halides is 3. The summed E-state index contributed by atoms with van der Waals surface area (Å²) < 4.78 is 38.0. The molecule has 2 aliphatic rings. The predicted octanol–water partition coefficient (Wildman–Crippen LogP) is 5.09. The minimum Gasteiger partial charge on any atom is -0.335 e. The molecule has 142 valence electrons. The second kappa shape index (κ2) is 7.41. The molecule has 6 heteroatoms. The summed E-state index contributed by atoms with van der Waals surface area (Å²) in [4.78, 5) is 18.3. The van der Waals surface area contributed by atoms with Crippen molar-refractivity contribution in [2.75, 3.05) is 6.54 Å². The zero-order valence-electron chi connectivity index (χ0n) is 15.2. The number of piperidine rings is 1. The Morgan fingerprint density at radius 1 is 1.19 bits per heavy atom. The lowest BCUT2D eigenvalue weighted by Crippen LogP contribution is -2.52. The van der Waals surface area contributed by atoms with Crippen LogP contribution in [0.3, 0.4) is 0 Å². The van der Waals surface area contributed by atoms with Gasteiger partial charge in [-0.25, -0.2) is 0 Å². The van der Waals surface area contributed by atoms with Gasteiger partial charge in [0, 0.05) is 18.8 Å². The summed E-state index contributed by atoms with van der Waals surface area (Å²) in [5.41, 5.74) is 0.570. The fraction of sp³-hybridized carbons (Fsp3) is 0.600. The fourth-order valence-corrected chi connectivity index (χ4v) is 4.44. The van der Waals surface area contributed by atoms with E-state index in [0.29, 0.717) is 18.4 Å². The van der Waals surface area contributed by atoms with E-state index in [1.807, 2.05) is 4.90 Å². The van der Waals surface area contributed by atoms with Crippen LogP contribution in [0.4, 0.5) is 13.2 Å². The van der Waals surface area contributed by atoms with E-state index in [1.54, 1.807) is 0 Å². The van der Waals surface area contributed by atoms with E-state index in [9.17, 15) is 18.0 Å². The van der Waals surface area contributed by atoms with Crippen LogP contribution in [-0.2, 0) is 6.18 Å². The zero-order chi connectivity index (χ0) is 18.9. The van der Waals surface area contributed by atoms with Crippen LogP contribution in [0, 0.1) is 11.8 Å². The van der Waals surface area contributed by atoms with Gasteiger partial charge in [-0.05, 0) is 57.1 Å². The van der Waals surface area contributed by atoms with E-state index >= 15 is 0 Å². The Labute approximate surface area is 152 Å². The van der Waals surface area contributed by atoms with Crippen LogP contribution in [0.15, 0.2) is 30.0 Å². The number of carbonyl (C=O) groups is 1. The van der Waals surface area contributed by atoms with Crippen LogP contribution in [0.25, 0.3) is 0 Å². The number of fused-ring (bicyclic) bond motifs is 1. The van der Waals surface area contributed by atoms with Crippen LogP contribution >= 0.6 is 0 Å². The highest BCUT2D eigenvalue weighted by atomic mass is 19.4. The molecule has 1 amide bonds. The quantitative estimate of drug-likeness (QED) is 0.683. The predicted molar refractivity (Wildman–Crippen MR) is 93.6 cm³/mol. The van der Waals surface area contributed by atoms with Crippen molar-refractivity contribution < 1.29 is 18.0 Å². The number of hydrogen-bond donors (Lipinski definition) is 0. The number of amides is 1. The lowest BCUT2D eigenvalue weighted by atomic mass is 9.71.